The fourth-order valence-electron chi connectivity index (χ4n) is 2.67. The van der Waals surface area contributed by atoms with Gasteiger partial charge in [-0.2, -0.15) is 5.10 Å². The molecule has 0 radical (unpaired) electrons. The lowest BCUT2D eigenvalue weighted by atomic mass is 10.1. The smallest absolute Gasteiger partial charge is 0.222 e. The molecule has 0 unspecified atom stereocenters. The molecule has 26 heavy (non-hydrogen) atoms. The van der Waals surface area contributed by atoms with Crippen LogP contribution in [-0.2, 0) is 17.8 Å². The fraction of sp³-hybridized carbons (Fsp3) is 0.200. The summed E-state index contributed by atoms with van der Waals surface area (Å²) < 4.78 is 1.81. The first-order valence-electron chi connectivity index (χ1n) is 8.30. The number of aryl methyl sites for hydroxylation is 1. The van der Waals surface area contributed by atoms with Crippen LogP contribution in [-0.4, -0.2) is 27.6 Å². The average molecular weight is 388 g/mol. The number of aromatic nitrogens is 2. The van der Waals surface area contributed by atoms with Gasteiger partial charge in [-0.15, -0.1) is 0 Å². The summed E-state index contributed by atoms with van der Waals surface area (Å²) in [5, 5.41) is 5.35. The summed E-state index contributed by atoms with van der Waals surface area (Å²) in [6.07, 6.45) is 4.80. The van der Waals surface area contributed by atoms with Crippen LogP contribution in [0.25, 0.3) is 5.69 Å². The monoisotopic (exact) mass is 387 g/mol. The minimum absolute atomic E-state index is 0.0495. The average Bonchev–Trinajstić information content (AvgIpc) is 3.13. The Balaban J connectivity index is 1.57. The van der Waals surface area contributed by atoms with Crippen molar-refractivity contribution in [2.24, 2.45) is 0 Å². The molecule has 1 heterocycles. The Bertz CT molecular complexity index is 893. The highest BCUT2D eigenvalue weighted by Crippen LogP contribution is 2.26. The van der Waals surface area contributed by atoms with Crippen molar-refractivity contribution in [1.29, 1.82) is 0 Å². The molecule has 4 nitrogen and oxygen atoms in total. The molecule has 0 bridgehead atoms. The van der Waals surface area contributed by atoms with Crippen molar-refractivity contribution in [2.45, 2.75) is 19.4 Å². The van der Waals surface area contributed by atoms with E-state index in [1.165, 1.54) is 0 Å². The Hall–Kier alpha value is -2.30. The van der Waals surface area contributed by atoms with E-state index in [9.17, 15) is 4.79 Å². The Kier molecular flexibility index (Phi) is 5.96. The summed E-state index contributed by atoms with van der Waals surface area (Å²) in [5.74, 6) is 0.0495. The van der Waals surface area contributed by atoms with E-state index in [2.05, 4.69) is 5.10 Å². The maximum absolute atomic E-state index is 12.4. The Labute approximate surface area is 163 Å². The zero-order valence-electron chi connectivity index (χ0n) is 14.4. The first-order valence-corrected chi connectivity index (χ1v) is 9.06. The molecule has 0 aliphatic rings. The summed E-state index contributed by atoms with van der Waals surface area (Å²) in [4.78, 5) is 14.1. The van der Waals surface area contributed by atoms with Crippen molar-refractivity contribution < 1.29 is 4.79 Å². The van der Waals surface area contributed by atoms with Crippen LogP contribution < -0.4 is 0 Å². The third-order valence-electron chi connectivity index (χ3n) is 4.15. The lowest BCUT2D eigenvalue weighted by Gasteiger charge is -2.18. The molecular weight excluding hydrogens is 369 g/mol. The normalized spacial score (nSPS) is 10.7. The molecule has 1 amide bonds. The maximum Gasteiger partial charge on any atom is 0.222 e. The van der Waals surface area contributed by atoms with Gasteiger partial charge in [-0.3, -0.25) is 4.79 Å². The van der Waals surface area contributed by atoms with E-state index in [0.717, 1.165) is 16.8 Å². The number of rotatable bonds is 6. The van der Waals surface area contributed by atoms with Gasteiger partial charge in [0.2, 0.25) is 5.91 Å². The van der Waals surface area contributed by atoms with Gasteiger partial charge in [0, 0.05) is 26.2 Å². The quantitative estimate of drug-likeness (QED) is 0.610. The molecule has 0 atom stereocenters. The number of para-hydroxylation sites is 1. The van der Waals surface area contributed by atoms with E-state index in [4.69, 9.17) is 23.2 Å². The van der Waals surface area contributed by atoms with Gasteiger partial charge in [-0.1, -0.05) is 53.5 Å². The fourth-order valence-corrected chi connectivity index (χ4v) is 3.05. The topological polar surface area (TPSA) is 38.1 Å². The number of benzene rings is 2. The molecule has 6 heteroatoms. The molecule has 0 spiro atoms. The van der Waals surface area contributed by atoms with E-state index in [1.807, 2.05) is 53.3 Å². The molecule has 0 saturated carbocycles. The van der Waals surface area contributed by atoms with E-state index < -0.39 is 0 Å². The summed E-state index contributed by atoms with van der Waals surface area (Å²) in [5.41, 5.74) is 2.86. The van der Waals surface area contributed by atoms with Crippen LogP contribution in [0.15, 0.2) is 60.9 Å². The number of halogens is 2. The van der Waals surface area contributed by atoms with Gasteiger partial charge in [0.25, 0.3) is 0 Å². The molecule has 2 aromatic carbocycles. The summed E-state index contributed by atoms with van der Waals surface area (Å²) in [7, 11) is 1.77. The molecule has 0 aliphatic carbocycles. The van der Waals surface area contributed by atoms with Gasteiger partial charge >= 0.3 is 0 Å². The number of hydrogen-bond donors (Lipinski definition) is 0. The molecule has 0 saturated heterocycles. The van der Waals surface area contributed by atoms with Crippen molar-refractivity contribution in [1.82, 2.24) is 14.7 Å². The molecular formula is C20H19Cl2N3O. The van der Waals surface area contributed by atoms with E-state index in [-0.39, 0.29) is 5.91 Å². The predicted octanol–water partition coefficient (Wildman–Crippen LogP) is 4.77. The van der Waals surface area contributed by atoms with Gasteiger partial charge in [0.05, 0.1) is 21.9 Å². The highest BCUT2D eigenvalue weighted by molar-refractivity contribution is 6.42. The third kappa shape index (κ3) is 4.45. The second-order valence-electron chi connectivity index (χ2n) is 6.09. The Morgan fingerprint density at radius 1 is 1.12 bits per heavy atom. The number of carbonyl (C=O) groups excluding carboxylic acids is 1. The number of amides is 1. The summed E-state index contributed by atoms with van der Waals surface area (Å²) >= 11 is 12.2. The number of carbonyl (C=O) groups is 1. The summed E-state index contributed by atoms with van der Waals surface area (Å²) in [6.45, 7) is 0.432. The molecule has 3 aromatic rings. The van der Waals surface area contributed by atoms with Crippen LogP contribution in [0.1, 0.15) is 17.5 Å². The maximum atomic E-state index is 12.4. The third-order valence-corrected chi connectivity index (χ3v) is 5.01. The van der Waals surface area contributed by atoms with Gasteiger partial charge in [-0.25, -0.2) is 4.68 Å². The van der Waals surface area contributed by atoms with Gasteiger partial charge in [-0.05, 0) is 35.7 Å². The zero-order chi connectivity index (χ0) is 18.5. The molecule has 3 rings (SSSR count). The SMILES string of the molecule is CN(Cc1cccc(Cl)c1Cl)C(=O)CCc1cnn(-c2ccccc2)c1. The second kappa shape index (κ2) is 8.39. The van der Waals surface area contributed by atoms with E-state index >= 15 is 0 Å². The van der Waals surface area contributed by atoms with Crippen molar-refractivity contribution >= 4 is 29.1 Å². The van der Waals surface area contributed by atoms with Gasteiger partial charge < -0.3 is 4.90 Å². The molecule has 0 aliphatic heterocycles. The highest BCUT2D eigenvalue weighted by Gasteiger charge is 2.13. The first kappa shape index (κ1) is 18.5. The predicted molar refractivity (Wildman–Crippen MR) is 105 cm³/mol. The Morgan fingerprint density at radius 2 is 1.88 bits per heavy atom. The Morgan fingerprint density at radius 3 is 2.65 bits per heavy atom. The molecule has 1 aromatic heterocycles. The van der Waals surface area contributed by atoms with Crippen LogP contribution in [0.3, 0.4) is 0 Å². The van der Waals surface area contributed by atoms with Crippen LogP contribution in [0.4, 0.5) is 0 Å². The van der Waals surface area contributed by atoms with Crippen molar-refractivity contribution in [2.75, 3.05) is 7.05 Å². The minimum atomic E-state index is 0.0495. The van der Waals surface area contributed by atoms with E-state index in [0.29, 0.717) is 29.4 Å². The molecule has 0 fully saturated rings. The van der Waals surface area contributed by atoms with Crippen LogP contribution in [0, 0.1) is 0 Å². The summed E-state index contributed by atoms with van der Waals surface area (Å²) in [6, 6.07) is 15.3. The number of nitrogens with zero attached hydrogens (tertiary/aromatic N) is 3. The van der Waals surface area contributed by atoms with Crippen LogP contribution >= 0.6 is 23.2 Å². The lowest BCUT2D eigenvalue weighted by Crippen LogP contribution is -2.26. The van der Waals surface area contributed by atoms with Crippen molar-refractivity contribution in [3.05, 3.63) is 82.1 Å². The van der Waals surface area contributed by atoms with Gasteiger partial charge in [0.15, 0.2) is 0 Å². The minimum Gasteiger partial charge on any atom is -0.341 e. The van der Waals surface area contributed by atoms with Crippen molar-refractivity contribution in [3.63, 3.8) is 0 Å². The van der Waals surface area contributed by atoms with Crippen LogP contribution in [0.5, 0.6) is 0 Å². The molecule has 134 valence electrons. The highest BCUT2D eigenvalue weighted by atomic mass is 35.5. The largest absolute Gasteiger partial charge is 0.341 e. The van der Waals surface area contributed by atoms with Crippen LogP contribution in [0.2, 0.25) is 10.0 Å². The molecule has 0 N–H and O–H groups in total. The standard InChI is InChI=1S/C20H19Cl2N3O/c1-24(14-16-6-5-9-18(21)20(16)22)19(26)11-10-15-12-23-25(13-15)17-7-3-2-4-8-17/h2-9,12-13H,10-11,14H2,1H3. The first-order chi connectivity index (χ1) is 12.5. The number of hydrogen-bond acceptors (Lipinski definition) is 2. The van der Waals surface area contributed by atoms with E-state index in [1.54, 1.807) is 24.2 Å². The van der Waals surface area contributed by atoms with Gasteiger partial charge in [0.1, 0.15) is 0 Å². The second-order valence-corrected chi connectivity index (χ2v) is 6.88. The zero-order valence-corrected chi connectivity index (χ0v) is 15.9. The lowest BCUT2D eigenvalue weighted by molar-refractivity contribution is -0.130. The van der Waals surface area contributed by atoms with Crippen molar-refractivity contribution in [3.8, 4) is 5.69 Å².